The summed E-state index contributed by atoms with van der Waals surface area (Å²) >= 11 is 0. The van der Waals surface area contributed by atoms with E-state index >= 15 is 0 Å². The van der Waals surface area contributed by atoms with E-state index in [0.29, 0.717) is 0 Å². The van der Waals surface area contributed by atoms with Gasteiger partial charge in [0, 0.05) is 18.0 Å². The molecule has 0 fully saturated rings. The number of hydrogen-bond donors (Lipinski definition) is 2. The fourth-order valence-corrected chi connectivity index (χ4v) is 1.56. The molecule has 3 N–H and O–H groups in total. The molecule has 0 saturated carbocycles. The van der Waals surface area contributed by atoms with Crippen molar-refractivity contribution in [2.24, 2.45) is 5.84 Å². The van der Waals surface area contributed by atoms with Crippen LogP contribution in [0.4, 0.5) is 22.0 Å². The summed E-state index contributed by atoms with van der Waals surface area (Å²) in [6.07, 6.45) is -5.94. The van der Waals surface area contributed by atoms with Crippen LogP contribution in [0.2, 0.25) is 0 Å². The Hall–Kier alpha value is -1.21. The lowest BCUT2D eigenvalue weighted by molar-refractivity contribution is -0.136. The normalized spacial score (nSPS) is 13.7. The van der Waals surface area contributed by atoms with Crippen LogP contribution in [0.1, 0.15) is 18.4 Å². The van der Waals surface area contributed by atoms with Gasteiger partial charge in [-0.25, -0.2) is 8.78 Å². The van der Waals surface area contributed by atoms with Gasteiger partial charge in [-0.3, -0.25) is 11.3 Å². The smallest absolute Gasteiger partial charge is 0.271 e. The Labute approximate surface area is 101 Å². The summed E-state index contributed by atoms with van der Waals surface area (Å²) in [5, 5.41) is 0. The minimum Gasteiger partial charge on any atom is -0.271 e. The molecule has 1 unspecified atom stereocenters. The van der Waals surface area contributed by atoms with Crippen LogP contribution in [-0.2, 0) is 6.42 Å². The first-order valence-electron chi connectivity index (χ1n) is 5.29. The van der Waals surface area contributed by atoms with Crippen molar-refractivity contribution in [1.82, 2.24) is 5.43 Å². The maximum atomic E-state index is 13.3. The van der Waals surface area contributed by atoms with Crippen LogP contribution in [0.25, 0.3) is 0 Å². The van der Waals surface area contributed by atoms with Gasteiger partial charge in [-0.15, -0.1) is 0 Å². The van der Waals surface area contributed by atoms with Crippen LogP contribution in [0, 0.1) is 11.6 Å². The molecule has 1 aromatic carbocycles. The highest BCUT2D eigenvalue weighted by atomic mass is 19.4. The lowest BCUT2D eigenvalue weighted by Gasteiger charge is -2.17. The SMILES string of the molecule is NNC(CCC(F)(F)F)Cc1c(F)cccc1F. The van der Waals surface area contributed by atoms with Crippen LogP contribution >= 0.6 is 0 Å². The van der Waals surface area contributed by atoms with Gasteiger partial charge in [0.2, 0.25) is 0 Å². The van der Waals surface area contributed by atoms with E-state index in [1.807, 2.05) is 0 Å². The lowest BCUT2D eigenvalue weighted by Crippen LogP contribution is -2.38. The molecule has 0 aliphatic heterocycles. The lowest BCUT2D eigenvalue weighted by atomic mass is 10.0. The summed E-state index contributed by atoms with van der Waals surface area (Å²) in [6.45, 7) is 0. The Morgan fingerprint density at radius 3 is 2.17 bits per heavy atom. The first kappa shape index (κ1) is 14.8. The standard InChI is InChI=1S/C11H13F5N2/c12-9-2-1-3-10(13)8(9)6-7(18-17)4-5-11(14,15)16/h1-3,7,18H,4-6,17H2. The zero-order chi connectivity index (χ0) is 13.8. The first-order chi connectivity index (χ1) is 8.33. The number of hydrazine groups is 1. The quantitative estimate of drug-likeness (QED) is 0.489. The van der Waals surface area contributed by atoms with E-state index < -0.39 is 30.3 Å². The largest absolute Gasteiger partial charge is 0.389 e. The number of halogens is 5. The van der Waals surface area contributed by atoms with E-state index in [9.17, 15) is 22.0 Å². The molecule has 7 heteroatoms. The number of benzene rings is 1. The molecule has 1 aromatic rings. The Morgan fingerprint density at radius 1 is 1.17 bits per heavy atom. The van der Waals surface area contributed by atoms with Gasteiger partial charge < -0.3 is 0 Å². The van der Waals surface area contributed by atoms with Crippen molar-refractivity contribution < 1.29 is 22.0 Å². The minimum atomic E-state index is -4.32. The zero-order valence-corrected chi connectivity index (χ0v) is 9.40. The van der Waals surface area contributed by atoms with E-state index in [1.54, 1.807) is 0 Å². The van der Waals surface area contributed by atoms with E-state index in [-0.39, 0.29) is 18.4 Å². The topological polar surface area (TPSA) is 38.0 Å². The molecular formula is C11H13F5N2. The highest BCUT2D eigenvalue weighted by Gasteiger charge is 2.28. The third-order valence-electron chi connectivity index (χ3n) is 2.52. The molecule has 0 aromatic heterocycles. The first-order valence-corrected chi connectivity index (χ1v) is 5.29. The average Bonchev–Trinajstić information content (AvgIpc) is 2.26. The number of nitrogens with two attached hydrogens (primary N) is 1. The van der Waals surface area contributed by atoms with Crippen molar-refractivity contribution in [2.75, 3.05) is 0 Å². The van der Waals surface area contributed by atoms with Gasteiger partial charge in [0.1, 0.15) is 11.6 Å². The molecule has 1 rings (SSSR count). The fraction of sp³-hybridized carbons (Fsp3) is 0.455. The molecule has 18 heavy (non-hydrogen) atoms. The number of nitrogens with one attached hydrogen (secondary N) is 1. The molecule has 0 heterocycles. The molecule has 2 nitrogen and oxygen atoms in total. The Morgan fingerprint density at radius 2 is 1.72 bits per heavy atom. The predicted octanol–water partition coefficient (Wildman–Crippen LogP) is 2.68. The van der Waals surface area contributed by atoms with Crippen molar-refractivity contribution >= 4 is 0 Å². The second-order valence-corrected chi connectivity index (χ2v) is 3.92. The van der Waals surface area contributed by atoms with Crippen LogP contribution in [0.15, 0.2) is 18.2 Å². The summed E-state index contributed by atoms with van der Waals surface area (Å²) in [7, 11) is 0. The van der Waals surface area contributed by atoms with E-state index in [4.69, 9.17) is 5.84 Å². The van der Waals surface area contributed by atoms with Gasteiger partial charge in [-0.05, 0) is 25.0 Å². The molecule has 0 saturated heterocycles. The summed E-state index contributed by atoms with van der Waals surface area (Å²) in [6, 6.07) is 2.46. The van der Waals surface area contributed by atoms with Crippen LogP contribution in [0.3, 0.4) is 0 Å². The van der Waals surface area contributed by atoms with Crippen LogP contribution < -0.4 is 11.3 Å². The maximum Gasteiger partial charge on any atom is 0.389 e. The van der Waals surface area contributed by atoms with Crippen molar-refractivity contribution in [3.8, 4) is 0 Å². The molecular weight excluding hydrogens is 255 g/mol. The second kappa shape index (κ2) is 6.10. The van der Waals surface area contributed by atoms with Crippen molar-refractivity contribution in [3.63, 3.8) is 0 Å². The van der Waals surface area contributed by atoms with Gasteiger partial charge in [-0.1, -0.05) is 6.07 Å². The summed E-state index contributed by atoms with van der Waals surface area (Å²) < 4.78 is 62.7. The molecule has 0 spiro atoms. The van der Waals surface area contributed by atoms with Gasteiger partial charge in [0.15, 0.2) is 0 Å². The van der Waals surface area contributed by atoms with E-state index in [1.165, 1.54) is 6.07 Å². The third-order valence-corrected chi connectivity index (χ3v) is 2.52. The minimum absolute atomic E-state index is 0.231. The van der Waals surface area contributed by atoms with E-state index in [2.05, 4.69) is 5.43 Å². The van der Waals surface area contributed by atoms with Crippen LogP contribution in [0.5, 0.6) is 0 Å². The number of hydrogen-bond acceptors (Lipinski definition) is 2. The highest BCUT2D eigenvalue weighted by molar-refractivity contribution is 5.20. The fourth-order valence-electron chi connectivity index (χ4n) is 1.56. The molecule has 0 aliphatic carbocycles. The summed E-state index contributed by atoms with van der Waals surface area (Å²) in [4.78, 5) is 0. The van der Waals surface area contributed by atoms with Crippen LogP contribution in [-0.4, -0.2) is 12.2 Å². The van der Waals surface area contributed by atoms with Crippen molar-refractivity contribution in [2.45, 2.75) is 31.5 Å². The van der Waals surface area contributed by atoms with Crippen molar-refractivity contribution in [3.05, 3.63) is 35.4 Å². The second-order valence-electron chi connectivity index (χ2n) is 3.92. The third kappa shape index (κ3) is 4.58. The van der Waals surface area contributed by atoms with Crippen molar-refractivity contribution in [1.29, 1.82) is 0 Å². The maximum absolute atomic E-state index is 13.3. The molecule has 0 bridgehead atoms. The summed E-state index contributed by atoms with van der Waals surface area (Å²) in [5.74, 6) is 3.51. The monoisotopic (exact) mass is 268 g/mol. The summed E-state index contributed by atoms with van der Waals surface area (Å²) in [5.41, 5.74) is 1.88. The molecule has 0 amide bonds. The van der Waals surface area contributed by atoms with Gasteiger partial charge in [-0.2, -0.15) is 13.2 Å². The number of rotatable bonds is 5. The molecule has 1 atom stereocenters. The van der Waals surface area contributed by atoms with Gasteiger partial charge >= 0.3 is 6.18 Å². The molecule has 0 radical (unpaired) electrons. The van der Waals surface area contributed by atoms with Gasteiger partial charge in [0.05, 0.1) is 0 Å². The average molecular weight is 268 g/mol. The van der Waals surface area contributed by atoms with E-state index in [0.717, 1.165) is 12.1 Å². The number of alkyl halides is 3. The molecule has 0 aliphatic rings. The zero-order valence-electron chi connectivity index (χ0n) is 9.40. The van der Waals surface area contributed by atoms with Gasteiger partial charge in [0.25, 0.3) is 0 Å². The Bertz CT molecular complexity index is 371. The predicted molar refractivity (Wildman–Crippen MR) is 56.5 cm³/mol. The highest BCUT2D eigenvalue weighted by Crippen LogP contribution is 2.23. The Kier molecular flexibility index (Phi) is 5.03. The molecule has 102 valence electrons. The Balaban J connectivity index is 2.68.